The van der Waals surface area contributed by atoms with Crippen LogP contribution < -0.4 is 9.47 Å². The summed E-state index contributed by atoms with van der Waals surface area (Å²) in [6.07, 6.45) is 0. The number of aromatic carboxylic acids is 1. The van der Waals surface area contributed by atoms with E-state index in [1.165, 1.54) is 18.2 Å². The lowest BCUT2D eigenvalue weighted by atomic mass is 10.2. The van der Waals surface area contributed by atoms with Gasteiger partial charge >= 0.3 is 11.9 Å². The van der Waals surface area contributed by atoms with E-state index in [0.717, 1.165) is 10.0 Å². The van der Waals surface area contributed by atoms with Gasteiger partial charge in [0.25, 0.3) is 0 Å². The van der Waals surface area contributed by atoms with E-state index in [2.05, 4.69) is 31.9 Å². The normalized spacial score (nSPS) is 10.3. The summed E-state index contributed by atoms with van der Waals surface area (Å²) in [5.74, 6) is -1.56. The highest BCUT2D eigenvalue weighted by atomic mass is 79.9. The van der Waals surface area contributed by atoms with Crippen LogP contribution in [0.1, 0.15) is 15.9 Å². The molecule has 0 saturated heterocycles. The number of benzene rings is 2. The molecule has 0 unspecified atom stereocenters. The van der Waals surface area contributed by atoms with Crippen LogP contribution in [0.25, 0.3) is 0 Å². The number of esters is 1. The zero-order chi connectivity index (χ0) is 17.9. The van der Waals surface area contributed by atoms with Crippen molar-refractivity contribution in [2.24, 2.45) is 0 Å². The van der Waals surface area contributed by atoms with Crippen molar-refractivity contribution in [2.45, 2.75) is 6.92 Å². The maximum Gasteiger partial charge on any atom is 0.349 e. The Hall–Kier alpha value is -1.57. The van der Waals surface area contributed by atoms with E-state index in [4.69, 9.17) is 26.2 Å². The van der Waals surface area contributed by atoms with Crippen LogP contribution in [-0.4, -0.2) is 23.7 Å². The van der Waals surface area contributed by atoms with Gasteiger partial charge in [0.15, 0.2) is 6.61 Å². The predicted octanol–water partition coefficient (Wildman–Crippen LogP) is 4.86. The minimum atomic E-state index is -1.24. The molecule has 8 heteroatoms. The van der Waals surface area contributed by atoms with Crippen molar-refractivity contribution in [1.29, 1.82) is 0 Å². The number of ether oxygens (including phenoxy) is 2. The van der Waals surface area contributed by atoms with Crippen LogP contribution in [0, 0.1) is 6.92 Å². The number of carboxylic acid groups (broad SMARTS) is 1. The van der Waals surface area contributed by atoms with Crippen molar-refractivity contribution in [1.82, 2.24) is 0 Å². The number of hydrogen-bond donors (Lipinski definition) is 1. The minimum Gasteiger partial charge on any atom is -0.480 e. The van der Waals surface area contributed by atoms with Crippen molar-refractivity contribution >= 4 is 55.4 Å². The maximum absolute atomic E-state index is 11.9. The molecule has 0 amide bonds. The topological polar surface area (TPSA) is 72.8 Å². The zero-order valence-electron chi connectivity index (χ0n) is 12.3. The summed E-state index contributed by atoms with van der Waals surface area (Å²) < 4.78 is 12.1. The van der Waals surface area contributed by atoms with E-state index in [-0.39, 0.29) is 22.9 Å². The largest absolute Gasteiger partial charge is 0.480 e. The van der Waals surface area contributed by atoms with Gasteiger partial charge in [-0.05, 0) is 58.7 Å². The molecule has 0 saturated carbocycles. The molecule has 0 heterocycles. The standard InChI is InChI=1S/C16H11Br2ClO5/c1-8-4-9(17)5-12(18)15(8)23-7-14(20)24-13-3-2-10(19)6-11(13)16(21)22/h2-6H,7H2,1H3,(H,21,22). The molecule has 0 radical (unpaired) electrons. The average Bonchev–Trinajstić information content (AvgIpc) is 2.47. The molecule has 0 aliphatic heterocycles. The predicted molar refractivity (Wildman–Crippen MR) is 96.1 cm³/mol. The van der Waals surface area contributed by atoms with E-state index in [1.807, 2.05) is 13.0 Å². The lowest BCUT2D eigenvalue weighted by Gasteiger charge is -2.12. The molecule has 2 aromatic carbocycles. The van der Waals surface area contributed by atoms with Gasteiger partial charge in [0.05, 0.1) is 4.47 Å². The number of rotatable bonds is 5. The van der Waals surface area contributed by atoms with Gasteiger partial charge in [-0.2, -0.15) is 0 Å². The third-order valence-corrected chi connectivity index (χ3v) is 4.21. The van der Waals surface area contributed by atoms with E-state index in [0.29, 0.717) is 10.2 Å². The van der Waals surface area contributed by atoms with Gasteiger partial charge in [0, 0.05) is 9.50 Å². The SMILES string of the molecule is Cc1cc(Br)cc(Br)c1OCC(=O)Oc1ccc(Cl)cc1C(=O)O. The molecule has 2 aromatic rings. The Bertz CT molecular complexity index is 784. The van der Waals surface area contributed by atoms with Crippen molar-refractivity contribution in [3.8, 4) is 11.5 Å². The molecule has 0 bridgehead atoms. The summed E-state index contributed by atoms with van der Waals surface area (Å²) in [6, 6.07) is 7.60. The van der Waals surface area contributed by atoms with Gasteiger partial charge in [-0.1, -0.05) is 27.5 Å². The van der Waals surface area contributed by atoms with Crippen molar-refractivity contribution < 1.29 is 24.2 Å². The number of carbonyl (C=O) groups is 2. The molecule has 0 aliphatic carbocycles. The molecule has 0 aliphatic rings. The Balaban J connectivity index is 2.09. The molecular formula is C16H11Br2ClO5. The van der Waals surface area contributed by atoms with Crippen molar-refractivity contribution in [2.75, 3.05) is 6.61 Å². The van der Waals surface area contributed by atoms with Gasteiger partial charge in [0.1, 0.15) is 17.1 Å². The van der Waals surface area contributed by atoms with Gasteiger partial charge < -0.3 is 14.6 Å². The molecule has 0 fully saturated rings. The zero-order valence-corrected chi connectivity index (χ0v) is 16.2. The summed E-state index contributed by atoms with van der Waals surface area (Å²) in [5.41, 5.74) is 0.624. The molecule has 2 rings (SSSR count). The maximum atomic E-state index is 11.9. The van der Waals surface area contributed by atoms with Crippen LogP contribution >= 0.6 is 43.5 Å². The second-order valence-corrected chi connectivity index (χ2v) is 6.95. The Morgan fingerprint density at radius 2 is 1.92 bits per heavy atom. The van der Waals surface area contributed by atoms with E-state index < -0.39 is 11.9 Å². The van der Waals surface area contributed by atoms with Crippen molar-refractivity contribution in [3.05, 3.63) is 55.4 Å². The quantitative estimate of drug-likeness (QED) is 0.491. The molecule has 24 heavy (non-hydrogen) atoms. The van der Waals surface area contributed by atoms with E-state index in [1.54, 1.807) is 6.07 Å². The fourth-order valence-electron chi connectivity index (χ4n) is 1.91. The first-order valence-corrected chi connectivity index (χ1v) is 8.56. The lowest BCUT2D eigenvalue weighted by molar-refractivity contribution is -0.136. The van der Waals surface area contributed by atoms with Gasteiger partial charge in [-0.15, -0.1) is 0 Å². The number of aryl methyl sites for hydroxylation is 1. The minimum absolute atomic E-state index is 0.0907. The van der Waals surface area contributed by atoms with Gasteiger partial charge in [-0.3, -0.25) is 0 Å². The molecule has 0 spiro atoms. The highest BCUT2D eigenvalue weighted by molar-refractivity contribution is 9.11. The molecule has 5 nitrogen and oxygen atoms in total. The van der Waals surface area contributed by atoms with Crippen LogP contribution in [-0.2, 0) is 4.79 Å². The first-order valence-electron chi connectivity index (χ1n) is 6.60. The first kappa shape index (κ1) is 18.8. The lowest BCUT2D eigenvalue weighted by Crippen LogP contribution is -2.19. The highest BCUT2D eigenvalue weighted by Crippen LogP contribution is 2.32. The fraction of sp³-hybridized carbons (Fsp3) is 0.125. The third-order valence-electron chi connectivity index (χ3n) is 2.92. The Morgan fingerprint density at radius 1 is 1.21 bits per heavy atom. The van der Waals surface area contributed by atoms with Crippen LogP contribution in [0.2, 0.25) is 5.02 Å². The summed E-state index contributed by atoms with van der Waals surface area (Å²) in [6.45, 7) is 1.46. The Labute approximate surface area is 159 Å². The monoisotopic (exact) mass is 476 g/mol. The number of hydrogen-bond acceptors (Lipinski definition) is 4. The molecule has 0 aromatic heterocycles. The fourth-order valence-corrected chi connectivity index (χ4v) is 3.64. The summed E-state index contributed by atoms with van der Waals surface area (Å²) in [4.78, 5) is 23.1. The molecule has 0 atom stereocenters. The number of carbonyl (C=O) groups excluding carboxylic acids is 1. The highest BCUT2D eigenvalue weighted by Gasteiger charge is 2.16. The van der Waals surface area contributed by atoms with E-state index >= 15 is 0 Å². The Kier molecular flexibility index (Phi) is 6.26. The van der Waals surface area contributed by atoms with Crippen LogP contribution in [0.5, 0.6) is 11.5 Å². The molecule has 126 valence electrons. The van der Waals surface area contributed by atoms with Crippen LogP contribution in [0.15, 0.2) is 39.3 Å². The summed E-state index contributed by atoms with van der Waals surface area (Å²) in [5, 5.41) is 9.35. The second kappa shape index (κ2) is 8.00. The number of carboxylic acids is 1. The molecular weight excluding hydrogens is 467 g/mol. The Morgan fingerprint density at radius 3 is 2.54 bits per heavy atom. The summed E-state index contributed by atoms with van der Waals surface area (Å²) >= 11 is 12.5. The van der Waals surface area contributed by atoms with Gasteiger partial charge in [0.2, 0.25) is 0 Å². The van der Waals surface area contributed by atoms with Crippen molar-refractivity contribution in [3.63, 3.8) is 0 Å². The number of halogens is 3. The van der Waals surface area contributed by atoms with Crippen LogP contribution in [0.3, 0.4) is 0 Å². The third kappa shape index (κ3) is 4.72. The van der Waals surface area contributed by atoms with Gasteiger partial charge in [-0.25, -0.2) is 9.59 Å². The average molecular weight is 479 g/mol. The van der Waals surface area contributed by atoms with Crippen LogP contribution in [0.4, 0.5) is 0 Å². The smallest absolute Gasteiger partial charge is 0.349 e. The molecule has 1 N–H and O–H groups in total. The first-order chi connectivity index (χ1) is 11.3. The van der Waals surface area contributed by atoms with E-state index in [9.17, 15) is 9.59 Å². The summed E-state index contributed by atoms with van der Waals surface area (Å²) in [7, 11) is 0. The second-order valence-electron chi connectivity index (χ2n) is 4.74.